The lowest BCUT2D eigenvalue weighted by Gasteiger charge is -2.33. The van der Waals surface area contributed by atoms with Crippen molar-refractivity contribution < 1.29 is 27.1 Å². The molecule has 2 amide bonds. The number of hydrogen-bond donors (Lipinski definition) is 1. The van der Waals surface area contributed by atoms with Crippen LogP contribution in [-0.2, 0) is 26.2 Å². The molecule has 0 bridgehead atoms. The smallest absolute Gasteiger partial charge is 0.264 e. The minimum absolute atomic E-state index is 0.00607. The predicted molar refractivity (Wildman–Crippen MR) is 165 cm³/mol. The highest BCUT2D eigenvalue weighted by molar-refractivity contribution is 7.92. The van der Waals surface area contributed by atoms with Crippen molar-refractivity contribution in [3.8, 4) is 5.75 Å². The number of carbonyl (C=O) groups excluding carboxylic acids is 2. The van der Waals surface area contributed by atoms with Gasteiger partial charge < -0.3 is 15.0 Å². The SMILES string of the molecule is CCOc1ccc(S(=O)(=O)N(CC(=O)N(Cc2c(Cl)cccc2Cl)[C@@H](C)C(=O)NC2CCCC2)c2ccc(F)cc2)cc1. The van der Waals surface area contributed by atoms with Crippen molar-refractivity contribution in [2.75, 3.05) is 17.5 Å². The zero-order valence-electron chi connectivity index (χ0n) is 23.9. The first-order valence-corrected chi connectivity index (χ1v) is 16.2. The number of anilines is 1. The van der Waals surface area contributed by atoms with Crippen LogP contribution >= 0.6 is 23.2 Å². The minimum atomic E-state index is -4.33. The van der Waals surface area contributed by atoms with E-state index >= 15 is 0 Å². The minimum Gasteiger partial charge on any atom is -0.494 e. The summed E-state index contributed by atoms with van der Waals surface area (Å²) in [5.74, 6) is -1.13. The summed E-state index contributed by atoms with van der Waals surface area (Å²) in [5, 5.41) is 3.60. The molecule has 0 heterocycles. The molecule has 230 valence electrons. The van der Waals surface area contributed by atoms with E-state index in [2.05, 4.69) is 5.32 Å². The highest BCUT2D eigenvalue weighted by Crippen LogP contribution is 2.29. The molecule has 3 aromatic carbocycles. The summed E-state index contributed by atoms with van der Waals surface area (Å²) >= 11 is 12.9. The Kier molecular flexibility index (Phi) is 10.9. The van der Waals surface area contributed by atoms with Gasteiger partial charge in [-0.1, -0.05) is 42.1 Å². The summed E-state index contributed by atoms with van der Waals surface area (Å²) in [7, 11) is -4.33. The molecule has 0 aromatic heterocycles. The Morgan fingerprint density at radius 2 is 1.60 bits per heavy atom. The number of rotatable bonds is 12. The van der Waals surface area contributed by atoms with Gasteiger partial charge in [-0.2, -0.15) is 0 Å². The molecule has 0 spiro atoms. The highest BCUT2D eigenvalue weighted by Gasteiger charge is 2.34. The van der Waals surface area contributed by atoms with Crippen molar-refractivity contribution in [2.24, 2.45) is 0 Å². The van der Waals surface area contributed by atoms with Crippen LogP contribution in [0.4, 0.5) is 10.1 Å². The van der Waals surface area contributed by atoms with Crippen LogP contribution in [0.2, 0.25) is 10.0 Å². The average Bonchev–Trinajstić information content (AvgIpc) is 3.49. The Morgan fingerprint density at radius 3 is 2.19 bits per heavy atom. The van der Waals surface area contributed by atoms with E-state index in [0.29, 0.717) is 28.0 Å². The molecule has 0 radical (unpaired) electrons. The second-order valence-electron chi connectivity index (χ2n) is 10.3. The predicted octanol–water partition coefficient (Wildman–Crippen LogP) is 6.20. The molecule has 1 atom stereocenters. The fraction of sp³-hybridized carbons (Fsp3) is 0.355. The fourth-order valence-corrected chi connectivity index (χ4v) is 6.90. The summed E-state index contributed by atoms with van der Waals surface area (Å²) in [6.07, 6.45) is 3.71. The molecule has 1 aliphatic carbocycles. The molecule has 8 nitrogen and oxygen atoms in total. The van der Waals surface area contributed by atoms with Gasteiger partial charge >= 0.3 is 0 Å². The Balaban J connectivity index is 1.70. The normalized spacial score (nSPS) is 14.3. The largest absolute Gasteiger partial charge is 0.494 e. The Labute approximate surface area is 261 Å². The molecule has 43 heavy (non-hydrogen) atoms. The standard InChI is InChI=1S/C31H34Cl2FN3O5S/c1-3-42-25-15-17-26(18-16-25)43(40,41)37(24-13-11-22(34)12-14-24)20-30(38)36(19-27-28(32)9-6-10-29(27)33)21(2)31(39)35-23-7-4-5-8-23/h6,9-18,21,23H,3-5,7-8,19-20H2,1-2H3,(H,35,39)/t21-/m0/s1. The fourth-order valence-electron chi connectivity index (χ4n) is 4.97. The number of carbonyl (C=O) groups is 2. The number of halogens is 3. The maximum atomic E-state index is 14.1. The Morgan fingerprint density at radius 1 is 1.00 bits per heavy atom. The van der Waals surface area contributed by atoms with Crippen LogP contribution in [0.3, 0.4) is 0 Å². The van der Waals surface area contributed by atoms with E-state index < -0.39 is 34.3 Å². The second-order valence-corrected chi connectivity index (χ2v) is 13.0. The number of nitrogens with zero attached hydrogens (tertiary/aromatic N) is 2. The van der Waals surface area contributed by atoms with Crippen molar-refractivity contribution in [3.05, 3.63) is 88.2 Å². The van der Waals surface area contributed by atoms with Crippen LogP contribution < -0.4 is 14.4 Å². The third-order valence-electron chi connectivity index (χ3n) is 7.38. The number of nitrogens with one attached hydrogen (secondary N) is 1. The highest BCUT2D eigenvalue weighted by atomic mass is 35.5. The van der Waals surface area contributed by atoms with Crippen molar-refractivity contribution >= 4 is 50.7 Å². The van der Waals surface area contributed by atoms with Gasteiger partial charge in [-0.25, -0.2) is 12.8 Å². The molecule has 0 saturated heterocycles. The molecule has 1 N–H and O–H groups in total. The lowest BCUT2D eigenvalue weighted by molar-refractivity contribution is -0.139. The summed E-state index contributed by atoms with van der Waals surface area (Å²) in [6, 6.07) is 14.5. The zero-order valence-corrected chi connectivity index (χ0v) is 26.3. The number of benzene rings is 3. The lowest BCUT2D eigenvalue weighted by atomic mass is 10.1. The number of hydrogen-bond acceptors (Lipinski definition) is 5. The van der Waals surface area contributed by atoms with E-state index in [1.54, 1.807) is 25.1 Å². The molecule has 3 aromatic rings. The van der Waals surface area contributed by atoms with Crippen molar-refractivity contribution in [1.29, 1.82) is 0 Å². The van der Waals surface area contributed by atoms with Crippen LogP contribution in [0.1, 0.15) is 45.1 Å². The summed E-state index contributed by atoms with van der Waals surface area (Å²) in [6.45, 7) is 2.97. The van der Waals surface area contributed by atoms with Crippen LogP contribution in [0, 0.1) is 5.82 Å². The summed E-state index contributed by atoms with van der Waals surface area (Å²) in [5.41, 5.74) is 0.491. The number of amides is 2. The van der Waals surface area contributed by atoms with Crippen LogP contribution in [-0.4, -0.2) is 50.4 Å². The van der Waals surface area contributed by atoms with Crippen LogP contribution in [0.15, 0.2) is 71.6 Å². The van der Waals surface area contributed by atoms with Gasteiger partial charge in [0.2, 0.25) is 11.8 Å². The quantitative estimate of drug-likeness (QED) is 0.252. The number of sulfonamides is 1. The van der Waals surface area contributed by atoms with Crippen molar-refractivity contribution in [3.63, 3.8) is 0 Å². The third kappa shape index (κ3) is 7.99. The van der Waals surface area contributed by atoms with E-state index in [4.69, 9.17) is 27.9 Å². The van der Waals surface area contributed by atoms with E-state index in [-0.39, 0.29) is 29.1 Å². The van der Waals surface area contributed by atoms with Gasteiger partial charge in [0.25, 0.3) is 10.0 Å². The molecule has 1 aliphatic rings. The topological polar surface area (TPSA) is 96.0 Å². The van der Waals surface area contributed by atoms with Crippen molar-refractivity contribution in [1.82, 2.24) is 10.2 Å². The van der Waals surface area contributed by atoms with E-state index in [0.717, 1.165) is 42.1 Å². The molecule has 12 heteroatoms. The Bertz CT molecular complexity index is 1510. The number of ether oxygens (including phenoxy) is 1. The first-order chi connectivity index (χ1) is 20.5. The maximum Gasteiger partial charge on any atom is 0.264 e. The third-order valence-corrected chi connectivity index (χ3v) is 9.87. The zero-order chi connectivity index (χ0) is 31.1. The van der Waals surface area contributed by atoms with E-state index in [9.17, 15) is 22.4 Å². The summed E-state index contributed by atoms with van der Waals surface area (Å²) in [4.78, 5) is 28.6. The maximum absolute atomic E-state index is 14.1. The molecule has 4 rings (SSSR count). The van der Waals surface area contributed by atoms with Gasteiger partial charge in [-0.15, -0.1) is 0 Å². The average molecular weight is 651 g/mol. The summed E-state index contributed by atoms with van der Waals surface area (Å²) < 4.78 is 48.0. The van der Waals surface area contributed by atoms with Gasteiger partial charge in [-0.05, 0) is 87.4 Å². The van der Waals surface area contributed by atoms with E-state index in [1.807, 2.05) is 6.92 Å². The van der Waals surface area contributed by atoms with Gasteiger partial charge in [0.1, 0.15) is 24.2 Å². The molecular weight excluding hydrogens is 616 g/mol. The van der Waals surface area contributed by atoms with Gasteiger partial charge in [-0.3, -0.25) is 13.9 Å². The van der Waals surface area contributed by atoms with Gasteiger partial charge in [0.15, 0.2) is 0 Å². The molecule has 0 aliphatic heterocycles. The second kappa shape index (κ2) is 14.4. The molecular formula is C31H34Cl2FN3O5S. The first-order valence-electron chi connectivity index (χ1n) is 14.0. The van der Waals surface area contributed by atoms with Crippen LogP contribution in [0.5, 0.6) is 5.75 Å². The van der Waals surface area contributed by atoms with E-state index in [1.165, 1.54) is 41.3 Å². The van der Waals surface area contributed by atoms with Gasteiger partial charge in [0.05, 0.1) is 17.2 Å². The molecule has 1 fully saturated rings. The first kappa shape index (κ1) is 32.6. The van der Waals surface area contributed by atoms with Crippen LogP contribution in [0.25, 0.3) is 0 Å². The van der Waals surface area contributed by atoms with Gasteiger partial charge in [0, 0.05) is 28.2 Å². The Hall–Kier alpha value is -3.34. The lowest BCUT2D eigenvalue weighted by Crippen LogP contribution is -2.52. The monoisotopic (exact) mass is 649 g/mol. The molecule has 0 unspecified atom stereocenters. The molecule has 1 saturated carbocycles. The van der Waals surface area contributed by atoms with Crippen molar-refractivity contribution in [2.45, 2.75) is 63.1 Å².